The fraction of sp³-hybridized carbons (Fsp3) is 0.250. The Labute approximate surface area is 114 Å². The average molecular weight is 271 g/mol. The highest BCUT2D eigenvalue weighted by Crippen LogP contribution is 2.54. The summed E-state index contributed by atoms with van der Waals surface area (Å²) < 4.78 is 15.9. The molecule has 3 rings (SSSR count). The average Bonchev–Trinajstić information content (AvgIpc) is 2.75. The highest BCUT2D eigenvalue weighted by molar-refractivity contribution is 7.77. The molecular weight excluding hydrogens is 253 g/mol. The third kappa shape index (κ3) is 1.87. The van der Waals surface area contributed by atoms with E-state index in [4.69, 9.17) is 0 Å². The Bertz CT molecular complexity index is 636. The van der Waals surface area contributed by atoms with Crippen molar-refractivity contribution in [3.8, 4) is 0 Å². The summed E-state index contributed by atoms with van der Waals surface area (Å²) >= 11 is 0. The molecule has 1 unspecified atom stereocenters. The molecule has 0 saturated heterocycles. The van der Waals surface area contributed by atoms with Gasteiger partial charge in [0.1, 0.15) is 0 Å². The molecule has 0 bridgehead atoms. The Hall–Kier alpha value is -1.37. The number of rotatable bonds is 2. The van der Waals surface area contributed by atoms with Gasteiger partial charge in [-0.1, -0.05) is 36.4 Å². The van der Waals surface area contributed by atoms with Crippen LogP contribution in [0, 0.1) is 0 Å². The van der Waals surface area contributed by atoms with Crippen LogP contribution in [0.5, 0.6) is 0 Å². The third-order valence-corrected chi connectivity index (χ3v) is 7.13. The lowest BCUT2D eigenvalue weighted by atomic mass is 10.2. The predicted octanol–water partition coefficient (Wildman–Crippen LogP) is 3.14. The van der Waals surface area contributed by atoms with E-state index in [1.54, 1.807) is 0 Å². The van der Waals surface area contributed by atoms with Gasteiger partial charge in [0.15, 0.2) is 0 Å². The minimum Gasteiger partial charge on any atom is -0.296 e. The van der Waals surface area contributed by atoms with Crippen molar-refractivity contribution in [2.24, 2.45) is 0 Å². The van der Waals surface area contributed by atoms with Crippen molar-refractivity contribution in [1.82, 2.24) is 4.67 Å². The SMILES string of the molecule is CC(C)N1Cc2ccccc2P1(=O)c1ccccc1. The van der Waals surface area contributed by atoms with Crippen molar-refractivity contribution in [3.63, 3.8) is 0 Å². The van der Waals surface area contributed by atoms with Crippen LogP contribution < -0.4 is 10.6 Å². The molecule has 0 spiro atoms. The van der Waals surface area contributed by atoms with Crippen molar-refractivity contribution in [2.75, 3.05) is 0 Å². The second-order valence-corrected chi connectivity index (χ2v) is 7.90. The molecule has 98 valence electrons. The van der Waals surface area contributed by atoms with Gasteiger partial charge >= 0.3 is 0 Å². The van der Waals surface area contributed by atoms with Gasteiger partial charge < -0.3 is 0 Å². The van der Waals surface area contributed by atoms with Crippen LogP contribution in [0.15, 0.2) is 54.6 Å². The first-order valence-electron chi connectivity index (χ1n) is 6.65. The van der Waals surface area contributed by atoms with E-state index in [0.29, 0.717) is 0 Å². The number of fused-ring (bicyclic) bond motifs is 1. The first-order valence-corrected chi connectivity index (χ1v) is 8.31. The zero-order valence-corrected chi connectivity index (χ0v) is 12.2. The van der Waals surface area contributed by atoms with Gasteiger partial charge in [-0.05, 0) is 37.6 Å². The van der Waals surface area contributed by atoms with Crippen LogP contribution in [0.2, 0.25) is 0 Å². The van der Waals surface area contributed by atoms with E-state index in [2.05, 4.69) is 24.6 Å². The van der Waals surface area contributed by atoms with E-state index in [1.807, 2.05) is 48.5 Å². The number of hydrogen-bond acceptors (Lipinski definition) is 1. The Morgan fingerprint density at radius 2 is 1.63 bits per heavy atom. The third-order valence-electron chi connectivity index (χ3n) is 3.71. The molecule has 1 aliphatic rings. The summed E-state index contributed by atoms with van der Waals surface area (Å²) in [6, 6.07) is 18.3. The van der Waals surface area contributed by atoms with Gasteiger partial charge in [-0.25, -0.2) is 4.67 Å². The maximum absolute atomic E-state index is 13.7. The summed E-state index contributed by atoms with van der Waals surface area (Å²) in [5, 5.41) is 1.95. The van der Waals surface area contributed by atoms with Crippen molar-refractivity contribution >= 4 is 17.9 Å². The maximum Gasteiger partial charge on any atom is 0.208 e. The lowest BCUT2D eigenvalue weighted by Gasteiger charge is -2.29. The summed E-state index contributed by atoms with van der Waals surface area (Å²) in [5.74, 6) is 0. The predicted molar refractivity (Wildman–Crippen MR) is 80.4 cm³/mol. The summed E-state index contributed by atoms with van der Waals surface area (Å²) in [4.78, 5) is 0. The lowest BCUT2D eigenvalue weighted by Crippen LogP contribution is -2.30. The van der Waals surface area contributed by atoms with Crippen LogP contribution in [-0.4, -0.2) is 10.7 Å². The van der Waals surface area contributed by atoms with Gasteiger partial charge in [-0.15, -0.1) is 0 Å². The normalized spacial score (nSPS) is 22.7. The zero-order valence-electron chi connectivity index (χ0n) is 11.3. The molecule has 2 aromatic rings. The second-order valence-electron chi connectivity index (χ2n) is 5.23. The van der Waals surface area contributed by atoms with Crippen molar-refractivity contribution in [3.05, 3.63) is 60.2 Å². The second kappa shape index (κ2) is 4.63. The van der Waals surface area contributed by atoms with Crippen LogP contribution in [0.4, 0.5) is 0 Å². The first kappa shape index (κ1) is 12.7. The first-order chi connectivity index (χ1) is 9.14. The lowest BCUT2D eigenvalue weighted by molar-refractivity contribution is 0.365. The van der Waals surface area contributed by atoms with E-state index in [9.17, 15) is 4.57 Å². The van der Waals surface area contributed by atoms with Gasteiger partial charge in [-0.2, -0.15) is 0 Å². The Morgan fingerprint density at radius 1 is 1.00 bits per heavy atom. The van der Waals surface area contributed by atoms with Crippen LogP contribution in [0.3, 0.4) is 0 Å². The monoisotopic (exact) mass is 271 g/mol. The van der Waals surface area contributed by atoms with Crippen molar-refractivity contribution in [1.29, 1.82) is 0 Å². The largest absolute Gasteiger partial charge is 0.296 e. The van der Waals surface area contributed by atoms with E-state index in [-0.39, 0.29) is 6.04 Å². The highest BCUT2D eigenvalue weighted by atomic mass is 31.2. The van der Waals surface area contributed by atoms with Gasteiger partial charge in [-0.3, -0.25) is 4.57 Å². The molecule has 2 aromatic carbocycles. The topological polar surface area (TPSA) is 20.3 Å². The van der Waals surface area contributed by atoms with Gasteiger partial charge in [0.25, 0.3) is 0 Å². The van der Waals surface area contributed by atoms with Crippen LogP contribution in [0.25, 0.3) is 0 Å². The van der Waals surface area contributed by atoms with Crippen LogP contribution in [0.1, 0.15) is 19.4 Å². The van der Waals surface area contributed by atoms with E-state index >= 15 is 0 Å². The van der Waals surface area contributed by atoms with Gasteiger partial charge in [0.2, 0.25) is 7.29 Å². The molecule has 2 nitrogen and oxygen atoms in total. The molecule has 3 heteroatoms. The highest BCUT2D eigenvalue weighted by Gasteiger charge is 2.42. The van der Waals surface area contributed by atoms with Crippen molar-refractivity contribution < 1.29 is 4.57 Å². The summed E-state index contributed by atoms with van der Waals surface area (Å²) in [5.41, 5.74) is 1.20. The van der Waals surface area contributed by atoms with E-state index in [0.717, 1.165) is 17.2 Å². The zero-order chi connectivity index (χ0) is 13.5. The molecule has 1 heterocycles. The van der Waals surface area contributed by atoms with Gasteiger partial charge in [0.05, 0.1) is 0 Å². The molecule has 0 aliphatic carbocycles. The molecule has 0 aromatic heterocycles. The van der Waals surface area contributed by atoms with Crippen molar-refractivity contribution in [2.45, 2.75) is 26.4 Å². The van der Waals surface area contributed by atoms with Crippen LogP contribution >= 0.6 is 7.29 Å². The molecule has 0 radical (unpaired) electrons. The minimum absolute atomic E-state index is 0.262. The number of hydrogen-bond donors (Lipinski definition) is 0. The summed E-state index contributed by atoms with van der Waals surface area (Å²) in [7, 11) is -2.65. The summed E-state index contributed by atoms with van der Waals surface area (Å²) in [6.07, 6.45) is 0. The number of benzene rings is 2. The molecule has 1 atom stereocenters. The molecule has 0 fully saturated rings. The Balaban J connectivity index is 2.23. The number of nitrogens with zero attached hydrogens (tertiary/aromatic N) is 1. The molecule has 0 N–H and O–H groups in total. The fourth-order valence-electron chi connectivity index (χ4n) is 2.78. The molecule has 0 saturated carbocycles. The summed E-state index contributed by atoms with van der Waals surface area (Å²) in [6.45, 7) is 5.00. The van der Waals surface area contributed by atoms with Gasteiger partial charge in [0, 0.05) is 23.2 Å². The van der Waals surface area contributed by atoms with E-state index < -0.39 is 7.29 Å². The molecule has 0 amide bonds. The smallest absolute Gasteiger partial charge is 0.208 e. The Kier molecular flexibility index (Phi) is 3.08. The fourth-order valence-corrected chi connectivity index (χ4v) is 6.03. The maximum atomic E-state index is 13.7. The van der Waals surface area contributed by atoms with Crippen LogP contribution in [-0.2, 0) is 11.1 Å². The minimum atomic E-state index is -2.65. The molecule has 1 aliphatic heterocycles. The van der Waals surface area contributed by atoms with E-state index in [1.165, 1.54) is 5.56 Å². The molecule has 19 heavy (non-hydrogen) atoms. The standard InChI is InChI=1S/C16H18NOP/c1-13(2)17-12-14-8-6-7-11-16(14)19(17,18)15-9-4-3-5-10-15/h3-11,13H,12H2,1-2H3. The molecular formula is C16H18NOP. The quantitative estimate of drug-likeness (QED) is 0.782. The Morgan fingerprint density at radius 3 is 2.32 bits per heavy atom.